The molecule has 0 fully saturated rings. The number of ether oxygens (including phenoxy) is 3. The molecule has 0 spiro atoms. The first kappa shape index (κ1) is 21.0. The maximum atomic E-state index is 12.3. The number of nitrogens with zero attached hydrogens (tertiary/aromatic N) is 5. The zero-order valence-corrected chi connectivity index (χ0v) is 17.5. The monoisotopic (exact) mass is 413 g/mol. The zero-order chi connectivity index (χ0) is 21.8. The molecule has 0 saturated carbocycles. The SMILES string of the molecule is COc1ccc(-c2nnn(CC(=O)OCC(=O)c3cc(C)n(C)c3C)n2)cc1OC. The number of benzene rings is 1. The quantitative estimate of drug-likeness (QED) is 0.406. The summed E-state index contributed by atoms with van der Waals surface area (Å²) < 4.78 is 17.5. The minimum atomic E-state index is -0.634. The van der Waals surface area contributed by atoms with Crippen molar-refractivity contribution in [3.63, 3.8) is 0 Å². The van der Waals surface area contributed by atoms with E-state index in [4.69, 9.17) is 14.2 Å². The van der Waals surface area contributed by atoms with Gasteiger partial charge in [0.1, 0.15) is 0 Å². The summed E-state index contributed by atoms with van der Waals surface area (Å²) in [5.41, 5.74) is 2.97. The number of carbonyl (C=O) groups is 2. The van der Waals surface area contributed by atoms with Crippen LogP contribution in [-0.2, 0) is 23.1 Å². The predicted molar refractivity (Wildman–Crippen MR) is 107 cm³/mol. The maximum Gasteiger partial charge on any atom is 0.330 e. The Bertz CT molecular complexity index is 1090. The first-order valence-corrected chi connectivity index (χ1v) is 9.16. The molecule has 0 aliphatic heterocycles. The van der Waals surface area contributed by atoms with Crippen LogP contribution in [0.1, 0.15) is 21.7 Å². The van der Waals surface area contributed by atoms with Crippen LogP contribution in [0.4, 0.5) is 0 Å². The van der Waals surface area contributed by atoms with Crippen molar-refractivity contribution in [2.45, 2.75) is 20.4 Å². The molecule has 0 atom stereocenters. The van der Waals surface area contributed by atoms with Gasteiger partial charge in [0.15, 0.2) is 24.7 Å². The lowest BCUT2D eigenvalue weighted by Crippen LogP contribution is -2.20. The minimum absolute atomic E-state index is 0.262. The number of rotatable bonds is 8. The van der Waals surface area contributed by atoms with Crippen LogP contribution in [0.2, 0.25) is 0 Å². The summed E-state index contributed by atoms with van der Waals surface area (Å²) in [6, 6.07) is 6.97. The molecular weight excluding hydrogens is 390 g/mol. The molecule has 1 aromatic carbocycles. The number of ketones is 1. The fraction of sp³-hybridized carbons (Fsp3) is 0.350. The molecule has 0 aliphatic rings. The third kappa shape index (κ3) is 4.32. The maximum absolute atomic E-state index is 12.3. The molecule has 0 aliphatic carbocycles. The third-order valence-electron chi connectivity index (χ3n) is 4.80. The van der Waals surface area contributed by atoms with Gasteiger partial charge in [-0.1, -0.05) is 0 Å². The fourth-order valence-electron chi connectivity index (χ4n) is 2.92. The van der Waals surface area contributed by atoms with Gasteiger partial charge in [-0.25, -0.2) is 4.79 Å². The van der Waals surface area contributed by atoms with Gasteiger partial charge < -0.3 is 18.8 Å². The highest BCUT2D eigenvalue weighted by Crippen LogP contribution is 2.30. The molecule has 3 aromatic rings. The molecule has 10 nitrogen and oxygen atoms in total. The van der Waals surface area contributed by atoms with E-state index < -0.39 is 5.97 Å². The average Bonchev–Trinajstić information content (AvgIpc) is 3.31. The van der Waals surface area contributed by atoms with Crippen molar-refractivity contribution in [3.8, 4) is 22.9 Å². The van der Waals surface area contributed by atoms with Crippen LogP contribution in [0, 0.1) is 13.8 Å². The standard InChI is InChI=1S/C20H23N5O5/c1-12-8-15(13(2)24(12)3)16(26)11-30-19(27)10-25-22-20(21-23-25)14-6-7-17(28-4)18(9-14)29-5/h6-9H,10-11H2,1-5H3. The summed E-state index contributed by atoms with van der Waals surface area (Å²) in [5.74, 6) is 0.517. The number of esters is 1. The smallest absolute Gasteiger partial charge is 0.330 e. The van der Waals surface area contributed by atoms with Gasteiger partial charge in [-0.2, -0.15) is 4.80 Å². The van der Waals surface area contributed by atoms with E-state index in [1.165, 1.54) is 7.11 Å². The molecule has 0 unspecified atom stereocenters. The highest BCUT2D eigenvalue weighted by Gasteiger charge is 2.17. The Labute approximate surface area is 173 Å². The number of methoxy groups -OCH3 is 2. The molecule has 30 heavy (non-hydrogen) atoms. The van der Waals surface area contributed by atoms with Crippen LogP contribution in [-0.4, -0.2) is 57.4 Å². The molecule has 0 bridgehead atoms. The Morgan fingerprint density at radius 1 is 1.07 bits per heavy atom. The minimum Gasteiger partial charge on any atom is -0.493 e. The van der Waals surface area contributed by atoms with E-state index in [1.54, 1.807) is 31.4 Å². The summed E-state index contributed by atoms with van der Waals surface area (Å²) in [4.78, 5) is 25.5. The van der Waals surface area contributed by atoms with Gasteiger partial charge in [0.2, 0.25) is 11.6 Å². The van der Waals surface area contributed by atoms with Crippen molar-refractivity contribution in [1.82, 2.24) is 24.8 Å². The third-order valence-corrected chi connectivity index (χ3v) is 4.80. The van der Waals surface area contributed by atoms with Crippen LogP contribution in [0.3, 0.4) is 0 Å². The van der Waals surface area contributed by atoms with Crippen LogP contribution in [0.25, 0.3) is 11.4 Å². The molecule has 0 saturated heterocycles. The van der Waals surface area contributed by atoms with Crippen LogP contribution < -0.4 is 9.47 Å². The Morgan fingerprint density at radius 2 is 1.80 bits per heavy atom. The topological polar surface area (TPSA) is 110 Å². The number of hydrogen-bond donors (Lipinski definition) is 0. The predicted octanol–water partition coefficient (Wildman–Crippen LogP) is 1.74. The summed E-state index contributed by atoms with van der Waals surface area (Å²) in [6.45, 7) is 3.14. The summed E-state index contributed by atoms with van der Waals surface area (Å²) in [7, 11) is 4.95. The Kier molecular flexibility index (Phi) is 6.14. The molecule has 3 rings (SSSR count). The first-order valence-electron chi connectivity index (χ1n) is 9.16. The van der Waals surface area contributed by atoms with E-state index in [9.17, 15) is 9.59 Å². The van der Waals surface area contributed by atoms with Gasteiger partial charge in [0.25, 0.3) is 0 Å². The van der Waals surface area contributed by atoms with Gasteiger partial charge >= 0.3 is 5.97 Å². The number of tetrazole rings is 1. The fourth-order valence-corrected chi connectivity index (χ4v) is 2.92. The lowest BCUT2D eigenvalue weighted by Gasteiger charge is -2.07. The Hall–Kier alpha value is -3.69. The second kappa shape index (κ2) is 8.76. The Balaban J connectivity index is 1.61. The lowest BCUT2D eigenvalue weighted by molar-refractivity contribution is -0.143. The molecule has 0 N–H and O–H groups in total. The van der Waals surface area contributed by atoms with Crippen molar-refractivity contribution >= 4 is 11.8 Å². The molecule has 158 valence electrons. The van der Waals surface area contributed by atoms with E-state index >= 15 is 0 Å². The highest BCUT2D eigenvalue weighted by atomic mass is 16.5. The van der Waals surface area contributed by atoms with Crippen molar-refractivity contribution < 1.29 is 23.8 Å². The van der Waals surface area contributed by atoms with Crippen molar-refractivity contribution in [2.75, 3.05) is 20.8 Å². The van der Waals surface area contributed by atoms with Gasteiger partial charge in [-0.15, -0.1) is 10.2 Å². The lowest BCUT2D eigenvalue weighted by atomic mass is 10.1. The van der Waals surface area contributed by atoms with Crippen molar-refractivity contribution in [1.29, 1.82) is 0 Å². The van der Waals surface area contributed by atoms with E-state index in [2.05, 4.69) is 15.4 Å². The first-order chi connectivity index (χ1) is 14.3. The number of hydrogen-bond acceptors (Lipinski definition) is 8. The van der Waals surface area contributed by atoms with Crippen molar-refractivity contribution in [2.24, 2.45) is 7.05 Å². The van der Waals surface area contributed by atoms with E-state index in [1.807, 2.05) is 25.5 Å². The molecule has 0 amide bonds. The summed E-state index contributed by atoms with van der Waals surface area (Å²) in [6.07, 6.45) is 0. The molecule has 2 aromatic heterocycles. The van der Waals surface area contributed by atoms with E-state index in [0.717, 1.165) is 16.2 Å². The van der Waals surface area contributed by atoms with Crippen LogP contribution in [0.5, 0.6) is 11.5 Å². The molecule has 10 heteroatoms. The number of carbonyl (C=O) groups excluding carboxylic acids is 2. The van der Waals surface area contributed by atoms with Gasteiger partial charge in [0.05, 0.1) is 14.2 Å². The summed E-state index contributed by atoms with van der Waals surface area (Å²) >= 11 is 0. The molecular formula is C20H23N5O5. The van der Waals surface area contributed by atoms with E-state index in [-0.39, 0.29) is 18.9 Å². The average molecular weight is 413 g/mol. The Morgan fingerprint density at radius 3 is 2.43 bits per heavy atom. The zero-order valence-electron chi connectivity index (χ0n) is 17.5. The van der Waals surface area contributed by atoms with Crippen LogP contribution in [0.15, 0.2) is 24.3 Å². The summed E-state index contributed by atoms with van der Waals surface area (Å²) in [5, 5.41) is 12.0. The number of aryl methyl sites for hydroxylation is 1. The van der Waals surface area contributed by atoms with Crippen LogP contribution >= 0.6 is 0 Å². The van der Waals surface area contributed by atoms with Gasteiger partial charge in [-0.05, 0) is 43.3 Å². The van der Waals surface area contributed by atoms with Crippen molar-refractivity contribution in [3.05, 3.63) is 41.2 Å². The second-order valence-corrected chi connectivity index (χ2v) is 6.64. The van der Waals surface area contributed by atoms with E-state index in [0.29, 0.717) is 28.5 Å². The molecule has 0 radical (unpaired) electrons. The largest absolute Gasteiger partial charge is 0.493 e. The normalized spacial score (nSPS) is 10.7. The van der Waals surface area contributed by atoms with Gasteiger partial charge in [-0.3, -0.25) is 4.79 Å². The second-order valence-electron chi connectivity index (χ2n) is 6.64. The number of Topliss-reactive ketones (excluding diaryl/α,β-unsaturated/α-hetero) is 1. The highest BCUT2D eigenvalue weighted by molar-refractivity contribution is 5.99. The molecule has 2 heterocycles. The van der Waals surface area contributed by atoms with Gasteiger partial charge in [0, 0.05) is 29.6 Å². The number of aromatic nitrogens is 5.